The van der Waals surface area contributed by atoms with Gasteiger partial charge in [0.2, 0.25) is 0 Å². The highest BCUT2D eigenvalue weighted by Crippen LogP contribution is 2.09. The van der Waals surface area contributed by atoms with Crippen molar-refractivity contribution < 1.29 is 14.2 Å². The van der Waals surface area contributed by atoms with E-state index >= 15 is 0 Å². The zero-order valence-electron chi connectivity index (χ0n) is 14.6. The van der Waals surface area contributed by atoms with Crippen LogP contribution < -0.4 is 0 Å². The van der Waals surface area contributed by atoms with Crippen molar-refractivity contribution in [1.29, 1.82) is 0 Å². The summed E-state index contributed by atoms with van der Waals surface area (Å²) in [5, 5.41) is 0. The molecule has 0 aliphatic rings. The van der Waals surface area contributed by atoms with Crippen molar-refractivity contribution in [3.8, 4) is 0 Å². The third-order valence-corrected chi connectivity index (χ3v) is 2.69. The van der Waals surface area contributed by atoms with Crippen LogP contribution >= 0.6 is 0 Å². The summed E-state index contributed by atoms with van der Waals surface area (Å²) >= 11 is 0. The van der Waals surface area contributed by atoms with Gasteiger partial charge in [-0.25, -0.2) is 0 Å². The van der Waals surface area contributed by atoms with Crippen LogP contribution in [0.15, 0.2) is 0 Å². The maximum absolute atomic E-state index is 5.67. The Hall–Kier alpha value is -0.120. The molecule has 3 heteroatoms. The first-order valence-corrected chi connectivity index (χ1v) is 8.06. The fourth-order valence-corrected chi connectivity index (χ4v) is 1.65. The second-order valence-electron chi connectivity index (χ2n) is 7.30. The molecule has 0 N–H and O–H groups in total. The molecule has 0 fully saturated rings. The van der Waals surface area contributed by atoms with Gasteiger partial charge in [0.1, 0.15) is 0 Å². The molecule has 0 aromatic rings. The van der Waals surface area contributed by atoms with Gasteiger partial charge in [-0.2, -0.15) is 0 Å². The van der Waals surface area contributed by atoms with Crippen LogP contribution in [-0.2, 0) is 14.2 Å². The summed E-state index contributed by atoms with van der Waals surface area (Å²) in [5.74, 6) is 0. The summed E-state index contributed by atoms with van der Waals surface area (Å²) in [5.41, 5.74) is -0.0262. The first-order chi connectivity index (χ1) is 9.21. The Morgan fingerprint density at radius 2 is 0.850 bits per heavy atom. The van der Waals surface area contributed by atoms with E-state index in [1.807, 2.05) is 0 Å². The van der Waals surface area contributed by atoms with Crippen LogP contribution in [0, 0.1) is 0 Å². The summed E-state index contributed by atoms with van der Waals surface area (Å²) < 4.78 is 17.0. The van der Waals surface area contributed by atoms with Gasteiger partial charge < -0.3 is 14.2 Å². The number of hydrogen-bond acceptors (Lipinski definition) is 3. The van der Waals surface area contributed by atoms with E-state index in [4.69, 9.17) is 14.2 Å². The van der Waals surface area contributed by atoms with Crippen LogP contribution in [0.25, 0.3) is 0 Å². The maximum atomic E-state index is 5.67. The largest absolute Gasteiger partial charge is 0.381 e. The Kier molecular flexibility index (Phi) is 10.5. The quantitative estimate of drug-likeness (QED) is 0.521. The second-order valence-corrected chi connectivity index (χ2v) is 7.30. The van der Waals surface area contributed by atoms with Gasteiger partial charge in [0.15, 0.2) is 0 Å². The Balaban J connectivity index is 3.10. The summed E-state index contributed by atoms with van der Waals surface area (Å²) in [4.78, 5) is 0. The van der Waals surface area contributed by atoms with Gasteiger partial charge in [-0.05, 0) is 73.6 Å². The topological polar surface area (TPSA) is 27.7 Å². The third kappa shape index (κ3) is 17.9. The summed E-state index contributed by atoms with van der Waals surface area (Å²) in [6, 6.07) is 0. The van der Waals surface area contributed by atoms with Crippen molar-refractivity contribution in [3.63, 3.8) is 0 Å². The van der Waals surface area contributed by atoms with Crippen LogP contribution in [0.3, 0.4) is 0 Å². The Morgan fingerprint density at radius 1 is 0.500 bits per heavy atom. The molecule has 0 aliphatic heterocycles. The molecule has 122 valence electrons. The van der Waals surface area contributed by atoms with E-state index in [1.165, 1.54) is 6.42 Å². The molecule has 3 nitrogen and oxygen atoms in total. The van der Waals surface area contributed by atoms with E-state index in [0.717, 1.165) is 52.1 Å². The molecule has 20 heavy (non-hydrogen) atoms. The standard InChI is InChI=1S/C17H36O3/c1-16(2,3)19-14-9-7-8-12-18-13-10-11-15-20-17(4,5)6/h7-15H2,1-6H3. The van der Waals surface area contributed by atoms with Crippen molar-refractivity contribution in [2.24, 2.45) is 0 Å². The lowest BCUT2D eigenvalue weighted by Gasteiger charge is -2.19. The number of ether oxygens (including phenoxy) is 3. The van der Waals surface area contributed by atoms with Crippen molar-refractivity contribution >= 4 is 0 Å². The molecule has 0 saturated carbocycles. The molecule has 0 spiro atoms. The van der Waals surface area contributed by atoms with Crippen LogP contribution in [0.4, 0.5) is 0 Å². The van der Waals surface area contributed by atoms with E-state index in [9.17, 15) is 0 Å². The van der Waals surface area contributed by atoms with E-state index in [-0.39, 0.29) is 11.2 Å². The molecule has 0 rings (SSSR count). The SMILES string of the molecule is CC(C)(C)OCCCCCOCCCCOC(C)(C)C. The molecule has 0 heterocycles. The number of hydrogen-bond donors (Lipinski definition) is 0. The Morgan fingerprint density at radius 3 is 1.30 bits per heavy atom. The molecule has 0 unspecified atom stereocenters. The van der Waals surface area contributed by atoms with Crippen molar-refractivity contribution in [3.05, 3.63) is 0 Å². The van der Waals surface area contributed by atoms with Gasteiger partial charge in [0.05, 0.1) is 11.2 Å². The highest BCUT2D eigenvalue weighted by molar-refractivity contribution is 4.59. The number of rotatable bonds is 11. The minimum atomic E-state index is -0.0179. The maximum Gasteiger partial charge on any atom is 0.0598 e. The molecule has 0 aliphatic carbocycles. The Labute approximate surface area is 126 Å². The van der Waals surface area contributed by atoms with Gasteiger partial charge >= 0.3 is 0 Å². The first kappa shape index (κ1) is 19.9. The van der Waals surface area contributed by atoms with E-state index < -0.39 is 0 Å². The van der Waals surface area contributed by atoms with Crippen LogP contribution in [0.5, 0.6) is 0 Å². The molecule has 0 saturated heterocycles. The zero-order valence-corrected chi connectivity index (χ0v) is 14.6. The lowest BCUT2D eigenvalue weighted by Crippen LogP contribution is -2.19. The van der Waals surface area contributed by atoms with E-state index in [0.29, 0.717) is 0 Å². The van der Waals surface area contributed by atoms with Gasteiger partial charge in [-0.3, -0.25) is 0 Å². The van der Waals surface area contributed by atoms with Gasteiger partial charge in [0.25, 0.3) is 0 Å². The molecule has 0 radical (unpaired) electrons. The number of unbranched alkanes of at least 4 members (excludes halogenated alkanes) is 3. The van der Waals surface area contributed by atoms with E-state index in [2.05, 4.69) is 41.5 Å². The van der Waals surface area contributed by atoms with Crippen LogP contribution in [0.1, 0.15) is 73.6 Å². The minimum Gasteiger partial charge on any atom is -0.381 e. The molecule has 0 atom stereocenters. The molecular weight excluding hydrogens is 252 g/mol. The van der Waals surface area contributed by atoms with Gasteiger partial charge in [0, 0.05) is 26.4 Å². The van der Waals surface area contributed by atoms with Crippen molar-refractivity contribution in [2.75, 3.05) is 26.4 Å². The molecule has 0 bridgehead atoms. The first-order valence-electron chi connectivity index (χ1n) is 8.06. The fourth-order valence-electron chi connectivity index (χ4n) is 1.65. The van der Waals surface area contributed by atoms with Gasteiger partial charge in [-0.1, -0.05) is 0 Å². The lowest BCUT2D eigenvalue weighted by molar-refractivity contribution is -0.00849. The normalized spacial score (nSPS) is 12.9. The Bertz CT molecular complexity index is 189. The summed E-state index contributed by atoms with van der Waals surface area (Å²) in [6.07, 6.45) is 5.61. The molecular formula is C17H36O3. The van der Waals surface area contributed by atoms with Crippen LogP contribution in [-0.4, -0.2) is 37.6 Å². The fraction of sp³-hybridized carbons (Fsp3) is 1.00. The molecule has 0 amide bonds. The third-order valence-electron chi connectivity index (χ3n) is 2.69. The predicted octanol–water partition coefficient (Wildman–Crippen LogP) is 4.58. The molecule has 0 aromatic heterocycles. The highest BCUT2D eigenvalue weighted by Gasteiger charge is 2.09. The second kappa shape index (κ2) is 10.6. The highest BCUT2D eigenvalue weighted by atomic mass is 16.5. The zero-order chi connectivity index (χ0) is 15.5. The smallest absolute Gasteiger partial charge is 0.0598 e. The minimum absolute atomic E-state index is 0.00831. The van der Waals surface area contributed by atoms with E-state index in [1.54, 1.807) is 0 Å². The van der Waals surface area contributed by atoms with Crippen molar-refractivity contribution in [1.82, 2.24) is 0 Å². The monoisotopic (exact) mass is 288 g/mol. The summed E-state index contributed by atoms with van der Waals surface area (Å²) in [6.45, 7) is 16.0. The van der Waals surface area contributed by atoms with Gasteiger partial charge in [-0.15, -0.1) is 0 Å². The average molecular weight is 288 g/mol. The molecule has 0 aromatic carbocycles. The summed E-state index contributed by atoms with van der Waals surface area (Å²) in [7, 11) is 0. The lowest BCUT2D eigenvalue weighted by atomic mass is 10.2. The average Bonchev–Trinajstić information content (AvgIpc) is 2.27. The predicted molar refractivity (Wildman–Crippen MR) is 85.3 cm³/mol. The van der Waals surface area contributed by atoms with Crippen molar-refractivity contribution in [2.45, 2.75) is 84.8 Å². The van der Waals surface area contributed by atoms with Crippen LogP contribution in [0.2, 0.25) is 0 Å².